The second-order valence-electron chi connectivity index (χ2n) is 4.62. The standard InChI is InChI=1S/C17H14N2/c1-12-9-16(18-3)7-5-14(12)11-15-6-8-17(19-4)10-13(15)2/h5-10H,11H2,1-2H3. The third-order valence-electron chi connectivity index (χ3n) is 3.29. The maximum absolute atomic E-state index is 7.01. The lowest BCUT2D eigenvalue weighted by molar-refractivity contribution is 1.13. The van der Waals surface area contributed by atoms with E-state index in [1.165, 1.54) is 11.1 Å². The molecule has 0 saturated carbocycles. The maximum Gasteiger partial charge on any atom is 0.187 e. The second kappa shape index (κ2) is 5.38. The Hall–Kier alpha value is -2.58. The molecule has 0 unspecified atom stereocenters. The zero-order chi connectivity index (χ0) is 13.8. The number of hydrogen-bond donors (Lipinski definition) is 0. The highest BCUT2D eigenvalue weighted by molar-refractivity contribution is 5.52. The molecule has 0 amide bonds. The van der Waals surface area contributed by atoms with E-state index in [4.69, 9.17) is 13.1 Å². The van der Waals surface area contributed by atoms with Crippen molar-refractivity contribution >= 4 is 11.4 Å². The Bertz CT molecular complexity index is 639. The topological polar surface area (TPSA) is 8.72 Å². The Balaban J connectivity index is 2.32. The van der Waals surface area contributed by atoms with Gasteiger partial charge in [-0.25, -0.2) is 9.69 Å². The van der Waals surface area contributed by atoms with Crippen LogP contribution in [0.2, 0.25) is 0 Å². The number of benzene rings is 2. The Morgan fingerprint density at radius 1 is 0.789 bits per heavy atom. The quantitative estimate of drug-likeness (QED) is 0.659. The van der Waals surface area contributed by atoms with E-state index in [0.717, 1.165) is 17.5 Å². The van der Waals surface area contributed by atoms with Crippen LogP contribution in [-0.2, 0) is 6.42 Å². The predicted octanol–water partition coefficient (Wildman–Crippen LogP) is 5.00. The molecule has 0 saturated heterocycles. The minimum atomic E-state index is 0.682. The summed E-state index contributed by atoms with van der Waals surface area (Å²) in [6.45, 7) is 18.1. The van der Waals surface area contributed by atoms with Crippen molar-refractivity contribution in [2.75, 3.05) is 0 Å². The first-order valence-electron chi connectivity index (χ1n) is 6.08. The van der Waals surface area contributed by atoms with Crippen molar-refractivity contribution in [2.45, 2.75) is 20.3 Å². The van der Waals surface area contributed by atoms with Crippen molar-refractivity contribution in [1.29, 1.82) is 0 Å². The van der Waals surface area contributed by atoms with Gasteiger partial charge in [-0.2, -0.15) is 0 Å². The summed E-state index contributed by atoms with van der Waals surface area (Å²) < 4.78 is 0. The fraction of sp³-hybridized carbons (Fsp3) is 0.176. The molecular weight excluding hydrogens is 232 g/mol. The van der Waals surface area contributed by atoms with Crippen LogP contribution in [0.3, 0.4) is 0 Å². The van der Waals surface area contributed by atoms with Crippen molar-refractivity contribution in [1.82, 2.24) is 0 Å². The third kappa shape index (κ3) is 2.81. The van der Waals surface area contributed by atoms with E-state index in [1.807, 2.05) is 50.2 Å². The van der Waals surface area contributed by atoms with Gasteiger partial charge in [0.2, 0.25) is 0 Å². The molecule has 2 nitrogen and oxygen atoms in total. The first-order chi connectivity index (χ1) is 9.13. The molecule has 0 aliphatic heterocycles. The fourth-order valence-corrected chi connectivity index (χ4v) is 2.10. The van der Waals surface area contributed by atoms with Crippen LogP contribution >= 0.6 is 0 Å². The van der Waals surface area contributed by atoms with Crippen LogP contribution in [0.1, 0.15) is 22.3 Å². The highest BCUT2D eigenvalue weighted by Gasteiger charge is 2.05. The van der Waals surface area contributed by atoms with Crippen LogP contribution in [-0.4, -0.2) is 0 Å². The molecule has 2 aromatic carbocycles. The van der Waals surface area contributed by atoms with Crippen LogP contribution in [0.5, 0.6) is 0 Å². The van der Waals surface area contributed by atoms with Gasteiger partial charge in [0, 0.05) is 0 Å². The van der Waals surface area contributed by atoms with E-state index in [1.54, 1.807) is 0 Å². The van der Waals surface area contributed by atoms with Crippen molar-refractivity contribution in [3.05, 3.63) is 81.5 Å². The Morgan fingerprint density at radius 2 is 1.21 bits per heavy atom. The zero-order valence-corrected chi connectivity index (χ0v) is 11.1. The SMILES string of the molecule is [C-]#[N+]c1ccc(Cc2ccc([N+]#[C-])cc2C)c(C)c1. The van der Waals surface area contributed by atoms with Gasteiger partial charge in [-0.05, 0) is 31.4 Å². The Morgan fingerprint density at radius 3 is 1.53 bits per heavy atom. The van der Waals surface area contributed by atoms with E-state index in [-0.39, 0.29) is 0 Å². The van der Waals surface area contributed by atoms with Crippen molar-refractivity contribution in [3.8, 4) is 0 Å². The van der Waals surface area contributed by atoms with Gasteiger partial charge >= 0.3 is 0 Å². The molecule has 2 rings (SSSR count). The van der Waals surface area contributed by atoms with Crippen molar-refractivity contribution in [3.63, 3.8) is 0 Å². The fourth-order valence-electron chi connectivity index (χ4n) is 2.10. The van der Waals surface area contributed by atoms with E-state index in [0.29, 0.717) is 11.4 Å². The number of aryl methyl sites for hydroxylation is 2. The molecule has 92 valence electrons. The summed E-state index contributed by atoms with van der Waals surface area (Å²) in [7, 11) is 0. The van der Waals surface area contributed by atoms with Gasteiger partial charge < -0.3 is 0 Å². The monoisotopic (exact) mass is 246 g/mol. The van der Waals surface area contributed by atoms with Gasteiger partial charge in [0.05, 0.1) is 13.1 Å². The van der Waals surface area contributed by atoms with Crippen molar-refractivity contribution < 1.29 is 0 Å². The number of rotatable bonds is 2. The molecule has 0 heterocycles. The maximum atomic E-state index is 7.01. The van der Waals surface area contributed by atoms with Gasteiger partial charge in [0.25, 0.3) is 0 Å². The lowest BCUT2D eigenvalue weighted by Crippen LogP contribution is -1.94. The highest BCUT2D eigenvalue weighted by atomic mass is 14.6. The molecular formula is C17H14N2. The molecule has 2 heteroatoms. The molecule has 0 atom stereocenters. The molecule has 0 radical (unpaired) electrons. The van der Waals surface area contributed by atoms with Gasteiger partial charge in [-0.15, -0.1) is 0 Å². The summed E-state index contributed by atoms with van der Waals surface area (Å²) in [5, 5.41) is 0. The Kier molecular flexibility index (Phi) is 3.64. The summed E-state index contributed by atoms with van der Waals surface area (Å²) in [6, 6.07) is 11.6. The summed E-state index contributed by atoms with van der Waals surface area (Å²) >= 11 is 0. The van der Waals surface area contributed by atoms with Gasteiger partial charge in [0.1, 0.15) is 0 Å². The van der Waals surface area contributed by atoms with Crippen molar-refractivity contribution in [2.24, 2.45) is 0 Å². The first-order valence-corrected chi connectivity index (χ1v) is 6.08. The minimum absolute atomic E-state index is 0.682. The summed E-state index contributed by atoms with van der Waals surface area (Å²) in [6.07, 6.45) is 0.841. The van der Waals surface area contributed by atoms with Crippen LogP contribution in [0.25, 0.3) is 9.69 Å². The van der Waals surface area contributed by atoms with Crippen LogP contribution in [0.4, 0.5) is 11.4 Å². The molecule has 0 spiro atoms. The van der Waals surface area contributed by atoms with Crippen LogP contribution in [0, 0.1) is 27.0 Å². The normalized spacial score (nSPS) is 9.68. The second-order valence-corrected chi connectivity index (χ2v) is 4.62. The Labute approximate surface area is 114 Å². The average Bonchev–Trinajstić information content (AvgIpc) is 2.42. The van der Waals surface area contributed by atoms with Gasteiger partial charge in [0.15, 0.2) is 11.4 Å². The molecule has 0 aliphatic carbocycles. The molecule has 2 aromatic rings. The molecule has 0 aliphatic rings. The number of hydrogen-bond acceptors (Lipinski definition) is 0. The van der Waals surface area contributed by atoms with Gasteiger partial charge in [-0.1, -0.05) is 47.5 Å². The first kappa shape index (κ1) is 12.9. The van der Waals surface area contributed by atoms with Gasteiger partial charge in [-0.3, -0.25) is 0 Å². The lowest BCUT2D eigenvalue weighted by Gasteiger charge is -2.09. The molecule has 19 heavy (non-hydrogen) atoms. The predicted molar refractivity (Wildman–Crippen MR) is 77.7 cm³/mol. The molecule has 0 aromatic heterocycles. The average molecular weight is 246 g/mol. The number of nitrogens with zero attached hydrogens (tertiary/aromatic N) is 2. The molecule has 0 bridgehead atoms. The molecule has 0 fully saturated rings. The van der Waals surface area contributed by atoms with E-state index < -0.39 is 0 Å². The smallest absolute Gasteiger partial charge is 0.187 e. The zero-order valence-electron chi connectivity index (χ0n) is 11.1. The van der Waals surface area contributed by atoms with Crippen LogP contribution in [0.15, 0.2) is 36.4 Å². The summed E-state index contributed by atoms with van der Waals surface area (Å²) in [5.41, 5.74) is 6.10. The van der Waals surface area contributed by atoms with Crippen LogP contribution < -0.4 is 0 Å². The highest BCUT2D eigenvalue weighted by Crippen LogP contribution is 2.23. The van der Waals surface area contributed by atoms with E-state index in [9.17, 15) is 0 Å². The largest absolute Gasteiger partial charge is 0.238 e. The van der Waals surface area contributed by atoms with E-state index >= 15 is 0 Å². The summed E-state index contributed by atoms with van der Waals surface area (Å²) in [4.78, 5) is 6.87. The summed E-state index contributed by atoms with van der Waals surface area (Å²) in [5.74, 6) is 0. The minimum Gasteiger partial charge on any atom is -0.238 e. The lowest BCUT2D eigenvalue weighted by atomic mass is 9.97. The molecule has 0 N–H and O–H groups in total. The third-order valence-corrected chi connectivity index (χ3v) is 3.29. The van der Waals surface area contributed by atoms with E-state index in [2.05, 4.69) is 9.69 Å².